The lowest BCUT2D eigenvalue weighted by atomic mass is 9.84. The summed E-state index contributed by atoms with van der Waals surface area (Å²) in [6.45, 7) is 0. The number of hydrazine groups is 1. The molecule has 3 N–H and O–H groups in total. The van der Waals surface area contributed by atoms with E-state index in [1.807, 2.05) is 30.3 Å². The fourth-order valence-electron chi connectivity index (χ4n) is 2.38. The zero-order valence-corrected chi connectivity index (χ0v) is 10.4. The summed E-state index contributed by atoms with van der Waals surface area (Å²) in [7, 11) is 0. The molecule has 0 bridgehead atoms. The van der Waals surface area contributed by atoms with Gasteiger partial charge in [-0.15, -0.1) is 0 Å². The van der Waals surface area contributed by atoms with Gasteiger partial charge in [0.15, 0.2) is 0 Å². The molecule has 18 heavy (non-hydrogen) atoms. The third-order valence-electron chi connectivity index (χ3n) is 3.44. The number of carbonyl (C=O) groups is 1. The summed E-state index contributed by atoms with van der Waals surface area (Å²) in [6.07, 6.45) is 4.02. The maximum absolute atomic E-state index is 11.7. The molecule has 0 saturated heterocycles. The Labute approximate surface area is 107 Å². The lowest BCUT2D eigenvalue weighted by Gasteiger charge is -2.26. The SMILES string of the molecule is O=C(C[C@@H]1CCCC[C@H]1O)NNc1ccccc1. The number of amides is 1. The zero-order chi connectivity index (χ0) is 12.8. The van der Waals surface area contributed by atoms with E-state index in [0.29, 0.717) is 6.42 Å². The van der Waals surface area contributed by atoms with E-state index in [9.17, 15) is 9.90 Å². The summed E-state index contributed by atoms with van der Waals surface area (Å²) in [5.74, 6) is 0.0427. The van der Waals surface area contributed by atoms with Gasteiger partial charge < -0.3 is 5.11 Å². The van der Waals surface area contributed by atoms with Crippen molar-refractivity contribution in [2.75, 3.05) is 5.43 Å². The average molecular weight is 248 g/mol. The van der Waals surface area contributed by atoms with Gasteiger partial charge in [-0.1, -0.05) is 31.0 Å². The molecule has 2 rings (SSSR count). The van der Waals surface area contributed by atoms with E-state index < -0.39 is 0 Å². The Morgan fingerprint density at radius 3 is 2.67 bits per heavy atom. The van der Waals surface area contributed by atoms with E-state index in [-0.39, 0.29) is 17.9 Å². The van der Waals surface area contributed by atoms with E-state index in [1.54, 1.807) is 0 Å². The number of carbonyl (C=O) groups excluding carboxylic acids is 1. The second-order valence-electron chi connectivity index (χ2n) is 4.86. The van der Waals surface area contributed by atoms with Crippen LogP contribution in [-0.2, 0) is 4.79 Å². The quantitative estimate of drug-likeness (QED) is 0.715. The number of rotatable bonds is 4. The van der Waals surface area contributed by atoms with Crippen LogP contribution in [0, 0.1) is 5.92 Å². The van der Waals surface area contributed by atoms with Crippen LogP contribution in [0.1, 0.15) is 32.1 Å². The summed E-state index contributed by atoms with van der Waals surface area (Å²) in [5.41, 5.74) is 6.39. The normalized spacial score (nSPS) is 23.4. The molecule has 98 valence electrons. The van der Waals surface area contributed by atoms with Gasteiger partial charge in [0.05, 0.1) is 11.8 Å². The van der Waals surface area contributed by atoms with Gasteiger partial charge in [0, 0.05) is 6.42 Å². The Bertz CT molecular complexity index is 381. The van der Waals surface area contributed by atoms with Crippen molar-refractivity contribution in [1.82, 2.24) is 5.43 Å². The van der Waals surface area contributed by atoms with Crippen LogP contribution < -0.4 is 10.9 Å². The van der Waals surface area contributed by atoms with Crippen LogP contribution in [0.3, 0.4) is 0 Å². The first-order valence-electron chi connectivity index (χ1n) is 6.53. The van der Waals surface area contributed by atoms with Crippen molar-refractivity contribution < 1.29 is 9.90 Å². The number of nitrogens with one attached hydrogen (secondary N) is 2. The van der Waals surface area contributed by atoms with E-state index in [0.717, 1.165) is 31.4 Å². The molecule has 1 amide bonds. The summed E-state index contributed by atoms with van der Waals surface area (Å²) >= 11 is 0. The van der Waals surface area contributed by atoms with Crippen molar-refractivity contribution in [1.29, 1.82) is 0 Å². The van der Waals surface area contributed by atoms with Crippen LogP contribution in [0.25, 0.3) is 0 Å². The minimum atomic E-state index is -0.318. The molecule has 4 nitrogen and oxygen atoms in total. The van der Waals surface area contributed by atoms with Crippen LogP contribution in [0.15, 0.2) is 30.3 Å². The topological polar surface area (TPSA) is 61.4 Å². The highest BCUT2D eigenvalue weighted by Crippen LogP contribution is 2.26. The molecule has 0 aliphatic heterocycles. The summed E-state index contributed by atoms with van der Waals surface area (Å²) in [4.78, 5) is 11.7. The first-order chi connectivity index (χ1) is 8.75. The van der Waals surface area contributed by atoms with Gasteiger partial charge in [0.25, 0.3) is 0 Å². The fourth-order valence-corrected chi connectivity index (χ4v) is 2.38. The van der Waals surface area contributed by atoms with Crippen LogP contribution >= 0.6 is 0 Å². The minimum absolute atomic E-state index is 0.0650. The smallest absolute Gasteiger partial charge is 0.238 e. The number of hydrogen-bond acceptors (Lipinski definition) is 3. The second kappa shape index (κ2) is 6.40. The molecule has 4 heteroatoms. The predicted octanol–water partition coefficient (Wildman–Crippen LogP) is 2.07. The lowest BCUT2D eigenvalue weighted by Crippen LogP contribution is -2.34. The van der Waals surface area contributed by atoms with Crippen molar-refractivity contribution in [3.05, 3.63) is 30.3 Å². The van der Waals surface area contributed by atoms with Gasteiger partial charge in [-0.2, -0.15) is 0 Å². The molecule has 1 aliphatic rings. The molecule has 1 aliphatic carbocycles. The number of aliphatic hydroxyl groups excluding tert-OH is 1. The van der Waals surface area contributed by atoms with Crippen LogP contribution in [0.2, 0.25) is 0 Å². The minimum Gasteiger partial charge on any atom is -0.393 e. The van der Waals surface area contributed by atoms with Crippen molar-refractivity contribution in [2.45, 2.75) is 38.2 Å². The van der Waals surface area contributed by atoms with E-state index in [1.165, 1.54) is 0 Å². The Morgan fingerprint density at radius 1 is 1.22 bits per heavy atom. The van der Waals surface area contributed by atoms with Gasteiger partial charge in [0.2, 0.25) is 5.91 Å². The molecule has 1 aromatic rings. The maximum atomic E-state index is 11.7. The molecule has 2 atom stereocenters. The first kappa shape index (κ1) is 12.9. The molecule has 0 unspecified atom stereocenters. The maximum Gasteiger partial charge on any atom is 0.238 e. The molecule has 0 radical (unpaired) electrons. The highest BCUT2D eigenvalue weighted by atomic mass is 16.3. The molecular formula is C14H20N2O2. The fraction of sp³-hybridized carbons (Fsp3) is 0.500. The molecule has 1 aromatic carbocycles. The lowest BCUT2D eigenvalue weighted by molar-refractivity contribution is -0.122. The molecular weight excluding hydrogens is 228 g/mol. The van der Waals surface area contributed by atoms with Gasteiger partial charge in [0.1, 0.15) is 0 Å². The van der Waals surface area contributed by atoms with Crippen molar-refractivity contribution in [3.63, 3.8) is 0 Å². The summed E-state index contributed by atoms with van der Waals surface area (Å²) in [5, 5.41) is 9.80. The van der Waals surface area contributed by atoms with E-state index >= 15 is 0 Å². The largest absolute Gasteiger partial charge is 0.393 e. The third-order valence-corrected chi connectivity index (χ3v) is 3.44. The van der Waals surface area contributed by atoms with Crippen LogP contribution in [0.4, 0.5) is 5.69 Å². The third kappa shape index (κ3) is 3.74. The number of benzene rings is 1. The van der Waals surface area contributed by atoms with E-state index in [4.69, 9.17) is 0 Å². The highest BCUT2D eigenvalue weighted by Gasteiger charge is 2.25. The number of anilines is 1. The highest BCUT2D eigenvalue weighted by molar-refractivity contribution is 5.77. The van der Waals surface area contributed by atoms with Gasteiger partial charge in [-0.3, -0.25) is 15.6 Å². The number of hydrogen-bond donors (Lipinski definition) is 3. The Balaban J connectivity index is 1.75. The average Bonchev–Trinajstić information content (AvgIpc) is 2.40. The van der Waals surface area contributed by atoms with E-state index in [2.05, 4.69) is 10.9 Å². The van der Waals surface area contributed by atoms with Crippen molar-refractivity contribution in [3.8, 4) is 0 Å². The summed E-state index contributed by atoms with van der Waals surface area (Å²) in [6, 6.07) is 9.50. The summed E-state index contributed by atoms with van der Waals surface area (Å²) < 4.78 is 0. The molecule has 0 aromatic heterocycles. The monoisotopic (exact) mass is 248 g/mol. The number of aliphatic hydroxyl groups is 1. The van der Waals surface area contributed by atoms with Gasteiger partial charge in [-0.05, 0) is 30.9 Å². The van der Waals surface area contributed by atoms with Crippen LogP contribution in [0.5, 0.6) is 0 Å². The van der Waals surface area contributed by atoms with Crippen LogP contribution in [-0.4, -0.2) is 17.1 Å². The first-order valence-corrected chi connectivity index (χ1v) is 6.53. The molecule has 0 heterocycles. The molecule has 1 saturated carbocycles. The second-order valence-corrected chi connectivity index (χ2v) is 4.86. The Morgan fingerprint density at radius 2 is 1.94 bits per heavy atom. The zero-order valence-electron chi connectivity index (χ0n) is 10.4. The molecule has 1 fully saturated rings. The van der Waals surface area contributed by atoms with Crippen molar-refractivity contribution in [2.24, 2.45) is 5.92 Å². The number of para-hydroxylation sites is 1. The standard InChI is InChI=1S/C14H20N2O2/c17-13-9-5-4-6-11(13)10-14(18)16-15-12-7-2-1-3-8-12/h1-3,7-8,11,13,15,17H,4-6,9-10H2,(H,16,18)/t11-,13+/m0/s1. The predicted molar refractivity (Wildman–Crippen MR) is 70.8 cm³/mol. The van der Waals surface area contributed by atoms with Crippen molar-refractivity contribution >= 4 is 11.6 Å². The Hall–Kier alpha value is -1.55. The molecule has 0 spiro atoms. The van der Waals surface area contributed by atoms with Gasteiger partial charge in [-0.25, -0.2) is 0 Å². The van der Waals surface area contributed by atoms with Gasteiger partial charge >= 0.3 is 0 Å². The Kier molecular flexibility index (Phi) is 4.59.